The van der Waals surface area contributed by atoms with E-state index in [1.807, 2.05) is 6.92 Å². The summed E-state index contributed by atoms with van der Waals surface area (Å²) < 4.78 is 21.1. The summed E-state index contributed by atoms with van der Waals surface area (Å²) in [6.45, 7) is 5.36. The van der Waals surface area contributed by atoms with Crippen LogP contribution < -0.4 is 0 Å². The van der Waals surface area contributed by atoms with Gasteiger partial charge in [-0.3, -0.25) is 9.59 Å². The minimum Gasteiger partial charge on any atom is -0.465 e. The van der Waals surface area contributed by atoms with Gasteiger partial charge in [-0.2, -0.15) is 0 Å². The second kappa shape index (κ2) is 5.78. The molecule has 3 heterocycles. The van der Waals surface area contributed by atoms with Crippen LogP contribution in [0.2, 0.25) is 0 Å². The maximum Gasteiger partial charge on any atom is 0.344 e. The zero-order valence-electron chi connectivity index (χ0n) is 13.6. The maximum atomic E-state index is 11.9. The van der Waals surface area contributed by atoms with Gasteiger partial charge in [0, 0.05) is 12.3 Å². The molecule has 0 aromatic carbocycles. The molecule has 23 heavy (non-hydrogen) atoms. The molecule has 2 bridgehead atoms. The standard InChI is InChI=1S/C16H22O7/c1-4-16(2,3)15(19)21-7-11(17)22-10-5-9-8-6-20-14(18)12(8)13(10)23-9/h8-10,12-13H,4-7H2,1-3H3. The molecule has 3 aliphatic rings. The first kappa shape index (κ1) is 16.2. The zero-order valence-corrected chi connectivity index (χ0v) is 13.6. The molecule has 3 rings (SSSR count). The lowest BCUT2D eigenvalue weighted by molar-refractivity contribution is -0.169. The minimum absolute atomic E-state index is 0.0747. The van der Waals surface area contributed by atoms with Crippen LogP contribution in [0.15, 0.2) is 0 Å². The molecule has 0 aliphatic carbocycles. The smallest absolute Gasteiger partial charge is 0.344 e. The van der Waals surface area contributed by atoms with Crippen molar-refractivity contribution in [1.82, 2.24) is 0 Å². The number of hydrogen-bond donors (Lipinski definition) is 0. The lowest BCUT2D eigenvalue weighted by Gasteiger charge is -2.25. The number of hydrogen-bond acceptors (Lipinski definition) is 7. The molecule has 0 aromatic rings. The number of carbonyl (C=O) groups excluding carboxylic acids is 3. The molecule has 7 nitrogen and oxygen atoms in total. The van der Waals surface area contributed by atoms with E-state index < -0.39 is 36.2 Å². The summed E-state index contributed by atoms with van der Waals surface area (Å²) in [6.07, 6.45) is 0.161. The van der Waals surface area contributed by atoms with E-state index in [9.17, 15) is 14.4 Å². The Hall–Kier alpha value is -1.63. The van der Waals surface area contributed by atoms with Gasteiger partial charge in [0.15, 0.2) is 6.61 Å². The Morgan fingerprint density at radius 2 is 2.09 bits per heavy atom. The fourth-order valence-corrected chi connectivity index (χ4v) is 3.35. The topological polar surface area (TPSA) is 88.1 Å². The van der Waals surface area contributed by atoms with Crippen molar-refractivity contribution in [1.29, 1.82) is 0 Å². The molecule has 0 amide bonds. The van der Waals surface area contributed by atoms with Crippen molar-refractivity contribution in [2.75, 3.05) is 13.2 Å². The number of cyclic esters (lactones) is 1. The molecule has 3 saturated heterocycles. The van der Waals surface area contributed by atoms with E-state index in [2.05, 4.69) is 0 Å². The summed E-state index contributed by atoms with van der Waals surface area (Å²) in [7, 11) is 0. The van der Waals surface area contributed by atoms with Crippen molar-refractivity contribution in [3.8, 4) is 0 Å². The minimum atomic E-state index is -0.628. The summed E-state index contributed by atoms with van der Waals surface area (Å²) in [4.78, 5) is 35.5. The largest absolute Gasteiger partial charge is 0.465 e. The quantitative estimate of drug-likeness (QED) is 0.546. The van der Waals surface area contributed by atoms with Crippen molar-refractivity contribution < 1.29 is 33.3 Å². The van der Waals surface area contributed by atoms with Crippen LogP contribution in [0.3, 0.4) is 0 Å². The molecule has 0 saturated carbocycles. The van der Waals surface area contributed by atoms with E-state index in [0.29, 0.717) is 19.4 Å². The SMILES string of the molecule is CCC(C)(C)C(=O)OCC(=O)OC1CC2OC1C1C(=O)OCC21. The Labute approximate surface area is 134 Å². The number of ether oxygens (including phenoxy) is 4. The Morgan fingerprint density at radius 1 is 1.35 bits per heavy atom. The lowest BCUT2D eigenvalue weighted by Crippen LogP contribution is -2.40. The fourth-order valence-electron chi connectivity index (χ4n) is 3.35. The van der Waals surface area contributed by atoms with Gasteiger partial charge in [0.05, 0.1) is 24.0 Å². The van der Waals surface area contributed by atoms with Gasteiger partial charge in [-0.15, -0.1) is 0 Å². The van der Waals surface area contributed by atoms with Crippen LogP contribution in [-0.2, 0) is 33.3 Å². The molecule has 5 unspecified atom stereocenters. The van der Waals surface area contributed by atoms with Crippen molar-refractivity contribution in [3.63, 3.8) is 0 Å². The average molecular weight is 326 g/mol. The third-order valence-corrected chi connectivity index (χ3v) is 5.19. The van der Waals surface area contributed by atoms with Crippen LogP contribution in [0.4, 0.5) is 0 Å². The molecule has 0 aromatic heterocycles. The maximum absolute atomic E-state index is 11.9. The molecule has 5 atom stereocenters. The highest BCUT2D eigenvalue weighted by Crippen LogP contribution is 2.48. The Kier molecular flexibility index (Phi) is 4.08. The van der Waals surface area contributed by atoms with Crippen molar-refractivity contribution in [2.45, 2.75) is 51.9 Å². The second-order valence-electron chi connectivity index (χ2n) is 7.04. The van der Waals surface area contributed by atoms with Gasteiger partial charge in [-0.1, -0.05) is 6.92 Å². The number of esters is 3. The number of fused-ring (bicyclic) bond motifs is 5. The molecular weight excluding hydrogens is 304 g/mol. The molecule has 7 heteroatoms. The highest BCUT2D eigenvalue weighted by atomic mass is 16.6. The molecule has 0 radical (unpaired) electrons. The third-order valence-electron chi connectivity index (χ3n) is 5.19. The Bertz CT molecular complexity index is 527. The number of carbonyl (C=O) groups is 3. The Morgan fingerprint density at radius 3 is 2.78 bits per heavy atom. The second-order valence-corrected chi connectivity index (χ2v) is 7.04. The van der Waals surface area contributed by atoms with Gasteiger partial charge in [-0.25, -0.2) is 4.79 Å². The molecule has 0 N–H and O–H groups in total. The van der Waals surface area contributed by atoms with Crippen LogP contribution in [0, 0.1) is 17.3 Å². The molecule has 3 aliphatic heterocycles. The lowest BCUT2D eigenvalue weighted by atomic mass is 9.80. The van der Waals surface area contributed by atoms with Gasteiger partial charge in [-0.05, 0) is 20.3 Å². The molecule has 0 spiro atoms. The van der Waals surface area contributed by atoms with Gasteiger partial charge in [0.25, 0.3) is 0 Å². The van der Waals surface area contributed by atoms with Crippen molar-refractivity contribution in [3.05, 3.63) is 0 Å². The molecular formula is C16H22O7. The zero-order chi connectivity index (χ0) is 16.8. The first-order valence-electron chi connectivity index (χ1n) is 8.02. The van der Waals surface area contributed by atoms with E-state index in [-0.39, 0.29) is 23.9 Å². The summed E-state index contributed by atoms with van der Waals surface area (Å²) >= 11 is 0. The summed E-state index contributed by atoms with van der Waals surface area (Å²) in [5.74, 6) is -1.59. The van der Waals surface area contributed by atoms with Crippen LogP contribution in [0.5, 0.6) is 0 Å². The predicted octanol–water partition coefficient (Wildman–Crippen LogP) is 0.838. The monoisotopic (exact) mass is 326 g/mol. The van der Waals surface area contributed by atoms with E-state index in [0.717, 1.165) is 0 Å². The van der Waals surface area contributed by atoms with Crippen molar-refractivity contribution in [2.24, 2.45) is 17.3 Å². The van der Waals surface area contributed by atoms with Crippen LogP contribution in [0.1, 0.15) is 33.6 Å². The van der Waals surface area contributed by atoms with E-state index in [4.69, 9.17) is 18.9 Å². The van der Waals surface area contributed by atoms with Crippen molar-refractivity contribution >= 4 is 17.9 Å². The van der Waals surface area contributed by atoms with E-state index >= 15 is 0 Å². The predicted molar refractivity (Wildman–Crippen MR) is 76.1 cm³/mol. The summed E-state index contributed by atoms with van der Waals surface area (Å²) in [5.41, 5.74) is -0.628. The van der Waals surface area contributed by atoms with Crippen LogP contribution in [0.25, 0.3) is 0 Å². The van der Waals surface area contributed by atoms with Gasteiger partial charge < -0.3 is 18.9 Å². The first-order chi connectivity index (χ1) is 10.8. The third kappa shape index (κ3) is 2.82. The highest BCUT2D eigenvalue weighted by Gasteiger charge is 2.61. The van der Waals surface area contributed by atoms with Gasteiger partial charge in [0.2, 0.25) is 0 Å². The van der Waals surface area contributed by atoms with Gasteiger partial charge >= 0.3 is 17.9 Å². The Balaban J connectivity index is 1.50. The normalized spacial score (nSPS) is 34.9. The summed E-state index contributed by atoms with van der Waals surface area (Å²) in [5, 5.41) is 0. The van der Waals surface area contributed by atoms with E-state index in [1.165, 1.54) is 0 Å². The first-order valence-corrected chi connectivity index (χ1v) is 8.02. The van der Waals surface area contributed by atoms with Crippen LogP contribution in [-0.4, -0.2) is 49.4 Å². The average Bonchev–Trinajstić information content (AvgIpc) is 3.18. The fraction of sp³-hybridized carbons (Fsp3) is 0.812. The van der Waals surface area contributed by atoms with E-state index in [1.54, 1.807) is 13.8 Å². The van der Waals surface area contributed by atoms with Gasteiger partial charge in [0.1, 0.15) is 12.2 Å². The van der Waals surface area contributed by atoms with Crippen LogP contribution >= 0.6 is 0 Å². The summed E-state index contributed by atoms with van der Waals surface area (Å²) in [6, 6.07) is 0. The molecule has 128 valence electrons. The molecule has 3 fully saturated rings. The highest BCUT2D eigenvalue weighted by molar-refractivity contribution is 5.80. The number of rotatable bonds is 5.